The molecule has 0 bridgehead atoms. The summed E-state index contributed by atoms with van der Waals surface area (Å²) < 4.78 is 27.9. The fraction of sp³-hybridized carbons (Fsp3) is 0.778. The lowest BCUT2D eigenvalue weighted by molar-refractivity contribution is -0.126. The Morgan fingerprint density at radius 1 is 1.62 bits per heavy atom. The lowest BCUT2D eigenvalue weighted by Crippen LogP contribution is -2.34. The number of nitrogens with one attached hydrogen (secondary N) is 2. The second-order valence-electron chi connectivity index (χ2n) is 3.46. The summed E-state index contributed by atoms with van der Waals surface area (Å²) in [6.45, 7) is -0.0671. The molecule has 1 fully saturated rings. The van der Waals surface area contributed by atoms with Crippen LogP contribution in [0.3, 0.4) is 0 Å². The van der Waals surface area contributed by atoms with Crippen LogP contribution in [0.4, 0.5) is 8.78 Å². The highest BCUT2D eigenvalue weighted by atomic mass is 19.3. The number of halogens is 2. The van der Waals surface area contributed by atoms with Gasteiger partial charge in [0.1, 0.15) is 6.61 Å². The summed E-state index contributed by atoms with van der Waals surface area (Å²) in [4.78, 5) is 22.2. The van der Waals surface area contributed by atoms with Crippen molar-refractivity contribution in [3.63, 3.8) is 0 Å². The molecule has 2 N–H and O–H groups in total. The van der Waals surface area contributed by atoms with Crippen LogP contribution in [0.25, 0.3) is 0 Å². The van der Waals surface area contributed by atoms with Crippen molar-refractivity contribution in [3.05, 3.63) is 0 Å². The average Bonchev–Trinajstić information content (AvgIpc) is 2.63. The van der Waals surface area contributed by atoms with E-state index in [1.165, 1.54) is 0 Å². The van der Waals surface area contributed by atoms with E-state index in [0.717, 1.165) is 0 Å². The standard InChI is InChI=1S/C9H14F2N2O3/c10-7(11)5-16-2-1-12-9(15)6-3-8(14)13-4-6/h6-7H,1-5H2,(H,12,15)(H,13,14). The third kappa shape index (κ3) is 4.52. The lowest BCUT2D eigenvalue weighted by atomic mass is 10.1. The minimum Gasteiger partial charge on any atom is -0.374 e. The quantitative estimate of drug-likeness (QED) is 0.612. The van der Waals surface area contributed by atoms with Crippen molar-refractivity contribution in [2.24, 2.45) is 5.92 Å². The fourth-order valence-electron chi connectivity index (χ4n) is 1.35. The van der Waals surface area contributed by atoms with Crippen LogP contribution in [-0.2, 0) is 14.3 Å². The van der Waals surface area contributed by atoms with Gasteiger partial charge in [-0.05, 0) is 0 Å². The Bertz CT molecular complexity index is 261. The number of amides is 2. The normalized spacial score (nSPS) is 19.9. The van der Waals surface area contributed by atoms with Gasteiger partial charge in [0.2, 0.25) is 11.8 Å². The van der Waals surface area contributed by atoms with E-state index in [-0.39, 0.29) is 37.3 Å². The van der Waals surface area contributed by atoms with Crippen molar-refractivity contribution in [1.82, 2.24) is 10.6 Å². The van der Waals surface area contributed by atoms with Gasteiger partial charge >= 0.3 is 0 Å². The van der Waals surface area contributed by atoms with Crippen LogP contribution in [0.2, 0.25) is 0 Å². The Hall–Kier alpha value is -1.24. The molecule has 0 radical (unpaired) electrons. The van der Waals surface area contributed by atoms with Crippen molar-refractivity contribution < 1.29 is 23.1 Å². The molecule has 1 aliphatic heterocycles. The molecular weight excluding hydrogens is 222 g/mol. The van der Waals surface area contributed by atoms with Gasteiger partial charge in [0.15, 0.2) is 0 Å². The van der Waals surface area contributed by atoms with Gasteiger partial charge in [-0.25, -0.2) is 8.78 Å². The van der Waals surface area contributed by atoms with Gasteiger partial charge in [-0.3, -0.25) is 9.59 Å². The molecule has 1 atom stereocenters. The first-order valence-electron chi connectivity index (χ1n) is 5.00. The molecule has 1 rings (SSSR count). The molecule has 1 aliphatic rings. The van der Waals surface area contributed by atoms with Crippen LogP contribution in [0.15, 0.2) is 0 Å². The molecule has 16 heavy (non-hydrogen) atoms. The minimum absolute atomic E-state index is 0.0458. The van der Waals surface area contributed by atoms with E-state index in [0.29, 0.717) is 6.54 Å². The first-order chi connectivity index (χ1) is 7.59. The van der Waals surface area contributed by atoms with Crippen LogP contribution in [-0.4, -0.2) is 44.5 Å². The number of ether oxygens (including phenoxy) is 1. The van der Waals surface area contributed by atoms with E-state index >= 15 is 0 Å². The Balaban J connectivity index is 2.04. The Kier molecular flexibility index (Phi) is 5.10. The average molecular weight is 236 g/mol. The van der Waals surface area contributed by atoms with Crippen LogP contribution in [0.1, 0.15) is 6.42 Å². The molecular formula is C9H14F2N2O3. The molecule has 1 heterocycles. The van der Waals surface area contributed by atoms with Crippen molar-refractivity contribution in [2.45, 2.75) is 12.8 Å². The van der Waals surface area contributed by atoms with Gasteiger partial charge in [0.25, 0.3) is 6.43 Å². The van der Waals surface area contributed by atoms with Crippen molar-refractivity contribution in [1.29, 1.82) is 0 Å². The van der Waals surface area contributed by atoms with Crippen LogP contribution in [0.5, 0.6) is 0 Å². The van der Waals surface area contributed by atoms with Gasteiger partial charge < -0.3 is 15.4 Å². The molecule has 92 valence electrons. The summed E-state index contributed by atoms with van der Waals surface area (Å²) in [5.74, 6) is -0.754. The van der Waals surface area contributed by atoms with E-state index < -0.39 is 13.0 Å². The summed E-state index contributed by atoms with van der Waals surface area (Å²) in [5.41, 5.74) is 0. The zero-order valence-corrected chi connectivity index (χ0v) is 8.67. The van der Waals surface area contributed by atoms with Crippen molar-refractivity contribution in [2.75, 3.05) is 26.3 Å². The third-order valence-corrected chi connectivity index (χ3v) is 2.14. The highest BCUT2D eigenvalue weighted by molar-refractivity contribution is 5.89. The molecule has 1 saturated heterocycles. The van der Waals surface area contributed by atoms with Crippen LogP contribution < -0.4 is 10.6 Å². The van der Waals surface area contributed by atoms with Gasteiger partial charge in [-0.1, -0.05) is 0 Å². The predicted molar refractivity (Wildman–Crippen MR) is 50.9 cm³/mol. The molecule has 0 aliphatic carbocycles. The second kappa shape index (κ2) is 6.37. The smallest absolute Gasteiger partial charge is 0.261 e. The minimum atomic E-state index is -2.49. The highest BCUT2D eigenvalue weighted by Gasteiger charge is 2.27. The topological polar surface area (TPSA) is 67.4 Å². The number of carbonyl (C=O) groups is 2. The van der Waals surface area contributed by atoms with Gasteiger partial charge in [-0.15, -0.1) is 0 Å². The molecule has 0 spiro atoms. The molecule has 5 nitrogen and oxygen atoms in total. The van der Waals surface area contributed by atoms with E-state index in [1.807, 2.05) is 0 Å². The summed E-state index contributed by atoms with van der Waals surface area (Å²) in [7, 11) is 0. The fourth-order valence-corrected chi connectivity index (χ4v) is 1.35. The summed E-state index contributed by atoms with van der Waals surface area (Å²) >= 11 is 0. The van der Waals surface area contributed by atoms with E-state index in [1.54, 1.807) is 0 Å². The Morgan fingerprint density at radius 3 is 2.94 bits per heavy atom. The monoisotopic (exact) mass is 236 g/mol. The summed E-state index contributed by atoms with van der Waals surface area (Å²) in [5, 5.41) is 5.05. The Labute approximate surface area is 91.5 Å². The molecule has 7 heteroatoms. The summed E-state index contributed by atoms with van der Waals surface area (Å²) in [6.07, 6.45) is -2.31. The highest BCUT2D eigenvalue weighted by Crippen LogP contribution is 2.08. The first kappa shape index (κ1) is 12.8. The molecule has 0 saturated carbocycles. The lowest BCUT2D eigenvalue weighted by Gasteiger charge is -2.09. The number of hydrogen-bond acceptors (Lipinski definition) is 3. The molecule has 2 amide bonds. The molecule has 0 aromatic heterocycles. The summed E-state index contributed by atoms with van der Waals surface area (Å²) in [6, 6.07) is 0. The third-order valence-electron chi connectivity index (χ3n) is 2.14. The van der Waals surface area contributed by atoms with Crippen molar-refractivity contribution in [3.8, 4) is 0 Å². The van der Waals surface area contributed by atoms with Crippen LogP contribution in [0, 0.1) is 5.92 Å². The van der Waals surface area contributed by atoms with E-state index in [2.05, 4.69) is 15.4 Å². The number of carbonyl (C=O) groups excluding carboxylic acids is 2. The molecule has 0 aromatic rings. The maximum absolute atomic E-state index is 11.7. The predicted octanol–water partition coefficient (Wildman–Crippen LogP) is -0.480. The number of rotatable bonds is 6. The zero-order valence-electron chi connectivity index (χ0n) is 8.67. The van der Waals surface area contributed by atoms with Crippen LogP contribution >= 0.6 is 0 Å². The SMILES string of the molecule is O=C1CC(C(=O)NCCOCC(F)F)CN1. The zero-order chi connectivity index (χ0) is 12.0. The van der Waals surface area contributed by atoms with Gasteiger partial charge in [0.05, 0.1) is 12.5 Å². The maximum Gasteiger partial charge on any atom is 0.261 e. The maximum atomic E-state index is 11.7. The van der Waals surface area contributed by atoms with E-state index in [4.69, 9.17) is 0 Å². The molecule has 0 aromatic carbocycles. The Morgan fingerprint density at radius 2 is 2.38 bits per heavy atom. The second-order valence-corrected chi connectivity index (χ2v) is 3.46. The largest absolute Gasteiger partial charge is 0.374 e. The van der Waals surface area contributed by atoms with Gasteiger partial charge in [-0.2, -0.15) is 0 Å². The van der Waals surface area contributed by atoms with E-state index in [9.17, 15) is 18.4 Å². The van der Waals surface area contributed by atoms with Gasteiger partial charge in [0, 0.05) is 19.5 Å². The number of alkyl halides is 2. The molecule has 1 unspecified atom stereocenters. The first-order valence-corrected chi connectivity index (χ1v) is 5.00. The van der Waals surface area contributed by atoms with Crippen molar-refractivity contribution >= 4 is 11.8 Å². The number of hydrogen-bond donors (Lipinski definition) is 2.